The summed E-state index contributed by atoms with van der Waals surface area (Å²) in [6.45, 7) is 1.85. The average molecular weight is 332 g/mol. The van der Waals surface area contributed by atoms with E-state index in [0.717, 1.165) is 5.56 Å². The zero-order chi connectivity index (χ0) is 17.6. The van der Waals surface area contributed by atoms with Gasteiger partial charge in [-0.15, -0.1) is 0 Å². The third-order valence-corrected chi connectivity index (χ3v) is 3.62. The lowest BCUT2D eigenvalue weighted by Crippen LogP contribution is -2.17. The average Bonchev–Trinajstić information content (AvgIpc) is 2.64. The highest BCUT2D eigenvalue weighted by Crippen LogP contribution is 2.20. The Morgan fingerprint density at radius 2 is 1.16 bits per heavy atom. The third-order valence-electron chi connectivity index (χ3n) is 3.62. The lowest BCUT2D eigenvalue weighted by Gasteiger charge is -2.10. The number of hydrogen-bond donors (Lipinski definition) is 0. The molecule has 25 heavy (non-hydrogen) atoms. The van der Waals surface area contributed by atoms with E-state index >= 15 is 0 Å². The summed E-state index contributed by atoms with van der Waals surface area (Å²) < 4.78 is 10.7. The normalized spacial score (nSPS) is 10.1. The van der Waals surface area contributed by atoms with Crippen LogP contribution in [0.1, 0.15) is 26.3 Å². The van der Waals surface area contributed by atoms with E-state index in [1.165, 1.54) is 0 Å². The van der Waals surface area contributed by atoms with Crippen molar-refractivity contribution >= 4 is 11.9 Å². The number of ether oxygens (including phenoxy) is 2. The third kappa shape index (κ3) is 3.93. The van der Waals surface area contributed by atoms with Crippen LogP contribution in [0.2, 0.25) is 0 Å². The van der Waals surface area contributed by atoms with Gasteiger partial charge in [0.15, 0.2) is 0 Å². The quantitative estimate of drug-likeness (QED) is 0.524. The first-order valence-electron chi connectivity index (χ1n) is 7.79. The molecule has 0 aliphatic heterocycles. The van der Waals surface area contributed by atoms with Gasteiger partial charge in [-0.3, -0.25) is 0 Å². The Morgan fingerprint density at radius 3 is 1.80 bits per heavy atom. The van der Waals surface area contributed by atoms with Crippen LogP contribution in [0.3, 0.4) is 0 Å². The molecule has 0 atom stereocenters. The number of esters is 2. The topological polar surface area (TPSA) is 52.6 Å². The Morgan fingerprint density at radius 1 is 0.640 bits per heavy atom. The maximum Gasteiger partial charge on any atom is 0.344 e. The molecule has 0 aliphatic carbocycles. The first-order valence-corrected chi connectivity index (χ1v) is 7.79. The molecular weight excluding hydrogens is 316 g/mol. The highest BCUT2D eigenvalue weighted by molar-refractivity contribution is 6.04. The van der Waals surface area contributed by atoms with Crippen molar-refractivity contribution < 1.29 is 19.1 Å². The van der Waals surface area contributed by atoms with Gasteiger partial charge in [0, 0.05) is 0 Å². The molecular formula is C21H16O4. The lowest BCUT2D eigenvalue weighted by atomic mass is 10.1. The fourth-order valence-electron chi connectivity index (χ4n) is 2.32. The Kier molecular flexibility index (Phi) is 4.90. The number of hydrogen-bond acceptors (Lipinski definition) is 4. The molecule has 0 amide bonds. The van der Waals surface area contributed by atoms with Gasteiger partial charge in [0.2, 0.25) is 0 Å². The molecule has 0 N–H and O–H groups in total. The van der Waals surface area contributed by atoms with Gasteiger partial charge in [0.25, 0.3) is 0 Å². The minimum absolute atomic E-state index is 0.157. The summed E-state index contributed by atoms with van der Waals surface area (Å²) in [5, 5.41) is 0. The maximum atomic E-state index is 12.5. The van der Waals surface area contributed by atoms with Crippen molar-refractivity contribution in [2.24, 2.45) is 0 Å². The van der Waals surface area contributed by atoms with Gasteiger partial charge in [0.1, 0.15) is 11.5 Å². The molecule has 0 heterocycles. The second-order valence-corrected chi connectivity index (χ2v) is 5.40. The van der Waals surface area contributed by atoms with E-state index in [1.807, 2.05) is 25.1 Å². The fraction of sp³-hybridized carbons (Fsp3) is 0.0476. The van der Waals surface area contributed by atoms with E-state index in [1.54, 1.807) is 60.7 Å². The Balaban J connectivity index is 1.84. The van der Waals surface area contributed by atoms with Crippen LogP contribution in [0.5, 0.6) is 11.5 Å². The fourth-order valence-corrected chi connectivity index (χ4v) is 2.32. The molecule has 0 spiro atoms. The van der Waals surface area contributed by atoms with Crippen molar-refractivity contribution in [2.45, 2.75) is 6.92 Å². The van der Waals surface area contributed by atoms with E-state index in [4.69, 9.17) is 9.47 Å². The van der Waals surface area contributed by atoms with Gasteiger partial charge in [-0.1, -0.05) is 48.5 Å². The molecule has 124 valence electrons. The molecule has 4 nitrogen and oxygen atoms in total. The van der Waals surface area contributed by atoms with Crippen molar-refractivity contribution in [3.05, 3.63) is 95.6 Å². The van der Waals surface area contributed by atoms with E-state index in [2.05, 4.69) is 0 Å². The second-order valence-electron chi connectivity index (χ2n) is 5.40. The number of carbonyl (C=O) groups is 2. The van der Waals surface area contributed by atoms with E-state index in [-0.39, 0.29) is 11.1 Å². The van der Waals surface area contributed by atoms with Crippen LogP contribution >= 0.6 is 0 Å². The van der Waals surface area contributed by atoms with Gasteiger partial charge in [-0.25, -0.2) is 9.59 Å². The molecule has 0 saturated carbocycles. The predicted molar refractivity (Wildman–Crippen MR) is 94.0 cm³/mol. The lowest BCUT2D eigenvalue weighted by molar-refractivity contribution is 0.0691. The maximum absolute atomic E-state index is 12.5. The Bertz CT molecular complexity index is 901. The van der Waals surface area contributed by atoms with Crippen LogP contribution in [-0.2, 0) is 0 Å². The van der Waals surface area contributed by atoms with Crippen LogP contribution < -0.4 is 9.47 Å². The molecule has 0 aliphatic rings. The number of benzene rings is 3. The van der Waals surface area contributed by atoms with Crippen LogP contribution in [0.15, 0.2) is 78.9 Å². The van der Waals surface area contributed by atoms with Crippen LogP contribution in [0.25, 0.3) is 0 Å². The first kappa shape index (κ1) is 16.5. The Hall–Kier alpha value is -3.40. The predicted octanol–water partition coefficient (Wildman–Crippen LogP) is 4.43. The minimum Gasteiger partial charge on any atom is -0.423 e. The van der Waals surface area contributed by atoms with E-state index < -0.39 is 11.9 Å². The number of carbonyl (C=O) groups excluding carboxylic acids is 2. The van der Waals surface area contributed by atoms with Crippen molar-refractivity contribution in [3.63, 3.8) is 0 Å². The Labute approximate surface area is 145 Å². The van der Waals surface area contributed by atoms with E-state index in [9.17, 15) is 9.59 Å². The zero-order valence-electron chi connectivity index (χ0n) is 13.6. The molecule has 0 saturated heterocycles. The smallest absolute Gasteiger partial charge is 0.344 e. The summed E-state index contributed by atoms with van der Waals surface area (Å²) in [5.41, 5.74) is 1.15. The monoisotopic (exact) mass is 332 g/mol. The van der Waals surface area contributed by atoms with Crippen molar-refractivity contribution in [3.8, 4) is 11.5 Å². The molecule has 0 fully saturated rings. The zero-order valence-corrected chi connectivity index (χ0v) is 13.6. The van der Waals surface area contributed by atoms with Gasteiger partial charge in [-0.05, 0) is 42.8 Å². The second kappa shape index (κ2) is 7.45. The molecule has 3 rings (SSSR count). The van der Waals surface area contributed by atoms with Gasteiger partial charge in [0.05, 0.1) is 11.1 Å². The molecule has 3 aromatic carbocycles. The van der Waals surface area contributed by atoms with E-state index in [0.29, 0.717) is 11.5 Å². The molecule has 0 unspecified atom stereocenters. The summed E-state index contributed by atoms with van der Waals surface area (Å²) in [6.07, 6.45) is 0. The molecule has 0 radical (unpaired) electrons. The largest absolute Gasteiger partial charge is 0.423 e. The summed E-state index contributed by atoms with van der Waals surface area (Å²) >= 11 is 0. The SMILES string of the molecule is Cc1ccccc1OC(=O)c1ccccc1C(=O)Oc1ccccc1. The van der Waals surface area contributed by atoms with Crippen LogP contribution in [0, 0.1) is 6.92 Å². The first-order chi connectivity index (χ1) is 12.1. The highest BCUT2D eigenvalue weighted by atomic mass is 16.5. The van der Waals surface area contributed by atoms with Crippen LogP contribution in [0.4, 0.5) is 0 Å². The number of para-hydroxylation sites is 2. The van der Waals surface area contributed by atoms with Gasteiger partial charge < -0.3 is 9.47 Å². The minimum atomic E-state index is -0.608. The van der Waals surface area contributed by atoms with Crippen molar-refractivity contribution in [2.75, 3.05) is 0 Å². The summed E-state index contributed by atoms with van der Waals surface area (Å²) in [5.74, 6) is -0.341. The molecule has 0 aromatic heterocycles. The van der Waals surface area contributed by atoms with Gasteiger partial charge >= 0.3 is 11.9 Å². The number of aryl methyl sites for hydroxylation is 1. The summed E-state index contributed by atoms with van der Waals surface area (Å²) in [6, 6.07) is 22.3. The van der Waals surface area contributed by atoms with Crippen molar-refractivity contribution in [1.82, 2.24) is 0 Å². The highest BCUT2D eigenvalue weighted by Gasteiger charge is 2.20. The molecule has 3 aromatic rings. The summed E-state index contributed by atoms with van der Waals surface area (Å²) in [4.78, 5) is 24.9. The van der Waals surface area contributed by atoms with Gasteiger partial charge in [-0.2, -0.15) is 0 Å². The standard InChI is InChI=1S/C21H16O4/c1-15-9-5-8-14-19(15)25-21(23)18-13-7-6-12-17(18)20(22)24-16-10-3-2-4-11-16/h2-14H,1H3. The van der Waals surface area contributed by atoms with Crippen LogP contribution in [-0.4, -0.2) is 11.9 Å². The summed E-state index contributed by atoms with van der Waals surface area (Å²) in [7, 11) is 0. The molecule has 4 heteroatoms. The number of rotatable bonds is 4. The molecule has 0 bridgehead atoms. The van der Waals surface area contributed by atoms with Crippen molar-refractivity contribution in [1.29, 1.82) is 0 Å².